The van der Waals surface area contributed by atoms with Gasteiger partial charge in [0.15, 0.2) is 0 Å². The number of nitrogens with zero attached hydrogens (tertiary/aromatic N) is 3. The Bertz CT molecular complexity index is 817. The highest BCUT2D eigenvalue weighted by Gasteiger charge is 2.40. The van der Waals surface area contributed by atoms with Crippen LogP contribution in [0.3, 0.4) is 0 Å². The average Bonchev–Trinajstić information content (AvgIpc) is 3.01. The van der Waals surface area contributed by atoms with E-state index in [-0.39, 0.29) is 6.09 Å². The summed E-state index contributed by atoms with van der Waals surface area (Å²) in [6, 6.07) is 7.88. The second-order valence-electron chi connectivity index (χ2n) is 8.27. The van der Waals surface area contributed by atoms with Crippen LogP contribution in [0.2, 0.25) is 0 Å². The molecule has 1 fully saturated rings. The maximum Gasteiger partial charge on any atom is 0.410 e. The summed E-state index contributed by atoms with van der Waals surface area (Å²) in [5.41, 5.74) is 0.235. The number of fused-ring (bicyclic) bond motifs is 1. The van der Waals surface area contributed by atoms with E-state index in [2.05, 4.69) is 0 Å². The molecular weight excluding hydrogens is 358 g/mol. The molecule has 1 aliphatic heterocycles. The minimum absolute atomic E-state index is 0.334. The standard InChI is InChI=1S/C21H31N3O4/c1-5-27-15-14-24-17-9-7-6-8-16(17)22-18(24)21(26)10-12-23(13-11-21)19(25)28-20(2,3)4/h6-9,26H,5,10-15H2,1-4H3. The zero-order valence-corrected chi connectivity index (χ0v) is 17.3. The molecule has 0 atom stereocenters. The number of ether oxygens (including phenoxy) is 2. The van der Waals surface area contributed by atoms with E-state index in [4.69, 9.17) is 14.5 Å². The quantitative estimate of drug-likeness (QED) is 0.794. The van der Waals surface area contributed by atoms with Crippen molar-refractivity contribution in [1.82, 2.24) is 14.5 Å². The lowest BCUT2D eigenvalue weighted by molar-refractivity contribution is -0.0430. The van der Waals surface area contributed by atoms with Crippen molar-refractivity contribution in [2.75, 3.05) is 26.3 Å². The number of imidazole rings is 1. The van der Waals surface area contributed by atoms with Gasteiger partial charge >= 0.3 is 6.09 Å². The van der Waals surface area contributed by atoms with Gasteiger partial charge in [0, 0.05) is 39.1 Å². The topological polar surface area (TPSA) is 76.8 Å². The third-order valence-corrected chi connectivity index (χ3v) is 4.98. The fourth-order valence-corrected chi connectivity index (χ4v) is 3.57. The summed E-state index contributed by atoms with van der Waals surface area (Å²) in [5, 5.41) is 11.4. The molecule has 1 aromatic carbocycles. The van der Waals surface area contributed by atoms with Gasteiger partial charge in [-0.15, -0.1) is 0 Å². The van der Waals surface area contributed by atoms with Crippen LogP contribution in [-0.2, 0) is 21.6 Å². The highest BCUT2D eigenvalue weighted by molar-refractivity contribution is 5.76. The molecule has 1 saturated heterocycles. The van der Waals surface area contributed by atoms with Crippen LogP contribution < -0.4 is 0 Å². The average molecular weight is 389 g/mol. The fourth-order valence-electron chi connectivity index (χ4n) is 3.57. The fraction of sp³-hybridized carbons (Fsp3) is 0.619. The van der Waals surface area contributed by atoms with Crippen LogP contribution in [-0.4, -0.2) is 57.6 Å². The second kappa shape index (κ2) is 8.09. The summed E-state index contributed by atoms with van der Waals surface area (Å²) in [6.45, 7) is 10.2. The lowest BCUT2D eigenvalue weighted by Crippen LogP contribution is -2.47. The maximum atomic E-state index is 12.3. The van der Waals surface area contributed by atoms with Gasteiger partial charge in [-0.2, -0.15) is 0 Å². The number of piperidine rings is 1. The number of aliphatic hydroxyl groups is 1. The Hall–Kier alpha value is -2.12. The molecule has 0 unspecified atom stereocenters. The van der Waals surface area contributed by atoms with E-state index in [1.165, 1.54) is 0 Å². The number of rotatable bonds is 5. The number of para-hydroxylation sites is 2. The van der Waals surface area contributed by atoms with Gasteiger partial charge in [0.1, 0.15) is 17.0 Å². The van der Waals surface area contributed by atoms with Gasteiger partial charge in [-0.25, -0.2) is 9.78 Å². The van der Waals surface area contributed by atoms with Gasteiger partial charge in [-0.1, -0.05) is 12.1 Å². The Morgan fingerprint density at radius 2 is 1.93 bits per heavy atom. The van der Waals surface area contributed by atoms with Crippen LogP contribution in [0, 0.1) is 0 Å². The van der Waals surface area contributed by atoms with Gasteiger partial charge < -0.3 is 24.0 Å². The number of amides is 1. The molecule has 1 N–H and O–H groups in total. The van der Waals surface area contributed by atoms with Crippen molar-refractivity contribution < 1.29 is 19.4 Å². The lowest BCUT2D eigenvalue weighted by Gasteiger charge is -2.38. The van der Waals surface area contributed by atoms with Crippen molar-refractivity contribution in [1.29, 1.82) is 0 Å². The molecule has 3 rings (SSSR count). The molecule has 2 aromatic rings. The van der Waals surface area contributed by atoms with Gasteiger partial charge in [-0.05, 0) is 39.8 Å². The third kappa shape index (κ3) is 4.47. The molecular formula is C21H31N3O4. The molecule has 28 heavy (non-hydrogen) atoms. The monoisotopic (exact) mass is 389 g/mol. The van der Waals surface area contributed by atoms with Crippen molar-refractivity contribution in [2.24, 2.45) is 0 Å². The first-order chi connectivity index (χ1) is 13.2. The first kappa shape index (κ1) is 20.6. The summed E-state index contributed by atoms with van der Waals surface area (Å²) in [7, 11) is 0. The minimum Gasteiger partial charge on any atom is -0.444 e. The zero-order valence-electron chi connectivity index (χ0n) is 17.3. The van der Waals surface area contributed by atoms with Crippen LogP contribution in [0.25, 0.3) is 11.0 Å². The zero-order chi connectivity index (χ0) is 20.4. The van der Waals surface area contributed by atoms with Crippen molar-refractivity contribution in [3.05, 3.63) is 30.1 Å². The van der Waals surface area contributed by atoms with E-state index in [0.717, 1.165) is 11.0 Å². The third-order valence-electron chi connectivity index (χ3n) is 4.98. The van der Waals surface area contributed by atoms with E-state index in [0.29, 0.717) is 51.5 Å². The Morgan fingerprint density at radius 1 is 1.25 bits per heavy atom. The van der Waals surface area contributed by atoms with Crippen molar-refractivity contribution in [2.45, 2.75) is 58.3 Å². The predicted molar refractivity (Wildman–Crippen MR) is 107 cm³/mol. The summed E-state index contributed by atoms with van der Waals surface area (Å²) in [5.74, 6) is 0.650. The molecule has 0 aliphatic carbocycles. The van der Waals surface area contributed by atoms with Gasteiger partial charge in [-0.3, -0.25) is 0 Å². The Morgan fingerprint density at radius 3 is 2.57 bits per heavy atom. The molecule has 7 nitrogen and oxygen atoms in total. The largest absolute Gasteiger partial charge is 0.444 e. The molecule has 1 amide bonds. The highest BCUT2D eigenvalue weighted by Crippen LogP contribution is 2.34. The lowest BCUT2D eigenvalue weighted by atomic mass is 9.90. The molecule has 2 heterocycles. The summed E-state index contributed by atoms with van der Waals surface area (Å²) >= 11 is 0. The SMILES string of the molecule is CCOCCn1c(C2(O)CCN(C(=O)OC(C)(C)C)CC2)nc2ccccc21. The van der Waals surface area contributed by atoms with E-state index in [9.17, 15) is 9.90 Å². The predicted octanol–water partition coefficient (Wildman–Crippen LogP) is 3.29. The van der Waals surface area contributed by atoms with Gasteiger partial charge in [0.2, 0.25) is 0 Å². The molecule has 0 bridgehead atoms. The molecule has 1 aromatic heterocycles. The number of carbonyl (C=O) groups excluding carboxylic acids is 1. The van der Waals surface area contributed by atoms with E-state index in [1.54, 1.807) is 4.90 Å². The van der Waals surface area contributed by atoms with Crippen LogP contribution in [0.1, 0.15) is 46.4 Å². The van der Waals surface area contributed by atoms with E-state index < -0.39 is 11.2 Å². The van der Waals surface area contributed by atoms with E-state index in [1.807, 2.05) is 56.5 Å². The van der Waals surface area contributed by atoms with Crippen molar-refractivity contribution >= 4 is 17.1 Å². The number of hydrogen-bond donors (Lipinski definition) is 1. The number of hydrogen-bond acceptors (Lipinski definition) is 5. The number of carbonyl (C=O) groups is 1. The molecule has 1 aliphatic rings. The van der Waals surface area contributed by atoms with Crippen LogP contribution in [0.15, 0.2) is 24.3 Å². The Balaban J connectivity index is 1.80. The number of aromatic nitrogens is 2. The Labute approximate surface area is 166 Å². The molecule has 154 valence electrons. The molecule has 0 spiro atoms. The number of benzene rings is 1. The van der Waals surface area contributed by atoms with Crippen LogP contribution >= 0.6 is 0 Å². The smallest absolute Gasteiger partial charge is 0.410 e. The first-order valence-corrected chi connectivity index (χ1v) is 9.97. The van der Waals surface area contributed by atoms with E-state index >= 15 is 0 Å². The maximum absolute atomic E-state index is 12.3. The normalized spacial score (nSPS) is 17.1. The molecule has 7 heteroatoms. The summed E-state index contributed by atoms with van der Waals surface area (Å²) in [6.07, 6.45) is 0.508. The van der Waals surface area contributed by atoms with Crippen molar-refractivity contribution in [3.8, 4) is 0 Å². The summed E-state index contributed by atoms with van der Waals surface area (Å²) < 4.78 is 13.0. The number of likely N-dealkylation sites (tertiary alicyclic amines) is 1. The Kier molecular flexibility index (Phi) is 5.95. The van der Waals surface area contributed by atoms with Gasteiger partial charge in [0.05, 0.1) is 17.6 Å². The molecule has 0 saturated carbocycles. The summed E-state index contributed by atoms with van der Waals surface area (Å²) in [4.78, 5) is 18.7. The van der Waals surface area contributed by atoms with Crippen molar-refractivity contribution in [3.63, 3.8) is 0 Å². The van der Waals surface area contributed by atoms with Gasteiger partial charge in [0.25, 0.3) is 0 Å². The highest BCUT2D eigenvalue weighted by atomic mass is 16.6. The minimum atomic E-state index is -1.08. The molecule has 0 radical (unpaired) electrons. The van der Waals surface area contributed by atoms with Crippen LogP contribution in [0.5, 0.6) is 0 Å². The second-order valence-corrected chi connectivity index (χ2v) is 8.27. The van der Waals surface area contributed by atoms with Crippen LogP contribution in [0.4, 0.5) is 4.79 Å². The first-order valence-electron chi connectivity index (χ1n) is 9.97.